The number of para-hydroxylation sites is 1. The molecule has 5 rings (SSSR count). The second kappa shape index (κ2) is 10.7. The van der Waals surface area contributed by atoms with E-state index in [2.05, 4.69) is 30.6 Å². The maximum Gasteiger partial charge on any atom is 0.573 e. The second-order valence-corrected chi connectivity index (χ2v) is 9.11. The number of thiocarbonyl (C=S) groups is 1. The summed E-state index contributed by atoms with van der Waals surface area (Å²) in [4.78, 5) is 0. The summed E-state index contributed by atoms with van der Waals surface area (Å²) >= 11 is 5.02. The third-order valence-corrected chi connectivity index (χ3v) is 6.24. The molecule has 3 aromatic rings. The standard InChI is InChI=1S/C26H18F6N6OS/c27-25(28,29)20-3-1-2-4-21(20)34-24(40)36-33-14-15-5-11-19-16(13-15)6-12-22-23(19)35-37-38(22)17-7-9-18(10-8-17)39-26(30,31)32/h1-4,7-11,13-14H,5-6,12H2,(H,34,40). The van der Waals surface area contributed by atoms with E-state index in [1.807, 2.05) is 12.2 Å². The molecule has 1 N–H and O–H groups in total. The first-order valence-electron chi connectivity index (χ1n) is 11.8. The molecule has 1 aromatic heterocycles. The molecule has 0 atom stereocenters. The highest BCUT2D eigenvalue weighted by atomic mass is 32.1. The molecule has 1 heterocycles. The lowest BCUT2D eigenvalue weighted by Crippen LogP contribution is -2.17. The van der Waals surface area contributed by atoms with Gasteiger partial charge in [-0.1, -0.05) is 29.5 Å². The van der Waals surface area contributed by atoms with Gasteiger partial charge < -0.3 is 10.1 Å². The minimum Gasteiger partial charge on any atom is -0.406 e. The zero-order chi connectivity index (χ0) is 28.5. The van der Waals surface area contributed by atoms with E-state index in [0.717, 1.165) is 28.5 Å². The van der Waals surface area contributed by atoms with E-state index < -0.39 is 18.1 Å². The molecule has 2 aromatic carbocycles. The molecule has 0 amide bonds. The third-order valence-electron chi connectivity index (χ3n) is 6.06. The van der Waals surface area contributed by atoms with Gasteiger partial charge in [0.25, 0.3) is 0 Å². The number of benzene rings is 2. The number of hydrogen-bond acceptors (Lipinski definition) is 5. The number of anilines is 1. The molecule has 2 aliphatic rings. The molecule has 0 aliphatic heterocycles. The molecule has 0 radical (unpaired) electrons. The summed E-state index contributed by atoms with van der Waals surface area (Å²) in [7, 11) is 0. The fourth-order valence-electron chi connectivity index (χ4n) is 4.38. The van der Waals surface area contributed by atoms with Gasteiger partial charge in [-0.05, 0) is 79.0 Å². The zero-order valence-electron chi connectivity index (χ0n) is 20.3. The average molecular weight is 577 g/mol. The average Bonchev–Trinajstić information content (AvgIpc) is 3.32. The molecular formula is C26H18F6N6OS. The van der Waals surface area contributed by atoms with Crippen LogP contribution < -0.4 is 10.1 Å². The van der Waals surface area contributed by atoms with Crippen LogP contribution in [-0.2, 0) is 12.6 Å². The first kappa shape index (κ1) is 27.2. The lowest BCUT2D eigenvalue weighted by Gasteiger charge is -2.22. The van der Waals surface area contributed by atoms with Gasteiger partial charge in [0.15, 0.2) is 0 Å². The summed E-state index contributed by atoms with van der Waals surface area (Å²) in [5, 5.41) is 18.5. The number of halogens is 6. The fraction of sp³-hybridized carbons (Fsp3) is 0.192. The molecule has 0 fully saturated rings. The van der Waals surface area contributed by atoms with Gasteiger partial charge in [0.2, 0.25) is 5.11 Å². The van der Waals surface area contributed by atoms with Crippen LogP contribution >= 0.6 is 12.2 Å². The molecule has 40 heavy (non-hydrogen) atoms. The summed E-state index contributed by atoms with van der Waals surface area (Å²) in [5.74, 6) is -0.329. The maximum absolute atomic E-state index is 13.2. The second-order valence-electron chi connectivity index (χ2n) is 8.72. The topological polar surface area (TPSA) is 76.7 Å². The van der Waals surface area contributed by atoms with Crippen LogP contribution in [0.25, 0.3) is 11.3 Å². The van der Waals surface area contributed by atoms with E-state index in [4.69, 9.17) is 12.2 Å². The molecule has 14 heteroatoms. The lowest BCUT2D eigenvalue weighted by atomic mass is 9.84. The van der Waals surface area contributed by atoms with Crippen LogP contribution in [0, 0.1) is 0 Å². The van der Waals surface area contributed by atoms with Gasteiger partial charge in [0.1, 0.15) is 11.4 Å². The molecular weight excluding hydrogens is 558 g/mol. The summed E-state index contributed by atoms with van der Waals surface area (Å²) in [6.45, 7) is 0. The number of alkyl halides is 6. The van der Waals surface area contributed by atoms with Crippen LogP contribution in [0.3, 0.4) is 0 Å². The monoisotopic (exact) mass is 576 g/mol. The number of rotatable bonds is 4. The fourth-order valence-corrected chi connectivity index (χ4v) is 4.53. The Morgan fingerprint density at radius 1 is 1.02 bits per heavy atom. The van der Waals surface area contributed by atoms with Gasteiger partial charge >= 0.3 is 12.5 Å². The van der Waals surface area contributed by atoms with Crippen molar-refractivity contribution in [3.8, 4) is 11.4 Å². The molecule has 7 nitrogen and oxygen atoms in total. The van der Waals surface area contributed by atoms with E-state index in [9.17, 15) is 26.3 Å². The van der Waals surface area contributed by atoms with Crippen molar-refractivity contribution >= 4 is 28.6 Å². The predicted octanol–water partition coefficient (Wildman–Crippen LogP) is 7.58. The summed E-state index contributed by atoms with van der Waals surface area (Å²) in [6, 6.07) is 10.3. The van der Waals surface area contributed by atoms with Crippen molar-refractivity contribution in [1.29, 1.82) is 0 Å². The Kier molecular flexibility index (Phi) is 7.27. The summed E-state index contributed by atoms with van der Waals surface area (Å²) in [5.41, 5.74) is 3.71. The number of hydrogen-bond donors (Lipinski definition) is 1. The molecule has 0 spiro atoms. The maximum atomic E-state index is 13.2. The predicted molar refractivity (Wildman–Crippen MR) is 138 cm³/mol. The van der Waals surface area contributed by atoms with E-state index in [1.165, 1.54) is 48.7 Å². The SMILES string of the molecule is FC(F)(F)Oc1ccc(-n2nnc3c2CCC2=CC(=CN=NC(=S)Nc4ccccc4C(F)(F)F)CC=C23)cc1. The Hall–Kier alpha value is -4.33. The molecule has 0 bridgehead atoms. The highest BCUT2D eigenvalue weighted by molar-refractivity contribution is 7.80. The third kappa shape index (κ3) is 6.11. The van der Waals surface area contributed by atoms with Gasteiger partial charge in [0, 0.05) is 5.57 Å². The molecule has 2 aliphatic carbocycles. The van der Waals surface area contributed by atoms with E-state index in [1.54, 1.807) is 4.68 Å². The minimum absolute atomic E-state index is 0.212. The highest BCUT2D eigenvalue weighted by Gasteiger charge is 2.33. The molecule has 0 unspecified atom stereocenters. The van der Waals surface area contributed by atoms with Gasteiger partial charge in [0.05, 0.1) is 28.8 Å². The van der Waals surface area contributed by atoms with Gasteiger partial charge in [-0.2, -0.15) is 18.3 Å². The molecule has 0 saturated carbocycles. The quantitative estimate of drug-likeness (QED) is 0.197. The van der Waals surface area contributed by atoms with Crippen molar-refractivity contribution in [1.82, 2.24) is 15.0 Å². The zero-order valence-corrected chi connectivity index (χ0v) is 21.1. The van der Waals surface area contributed by atoms with Crippen molar-refractivity contribution < 1.29 is 31.1 Å². The smallest absolute Gasteiger partial charge is 0.406 e. The Morgan fingerprint density at radius 2 is 1.77 bits per heavy atom. The van der Waals surface area contributed by atoms with Crippen LogP contribution in [0.1, 0.15) is 29.8 Å². The number of fused-ring (bicyclic) bond motifs is 3. The Morgan fingerprint density at radius 3 is 2.50 bits per heavy atom. The van der Waals surface area contributed by atoms with Crippen molar-refractivity contribution in [2.45, 2.75) is 31.8 Å². The van der Waals surface area contributed by atoms with Crippen molar-refractivity contribution in [2.75, 3.05) is 5.32 Å². The number of ether oxygens (including phenoxy) is 1. The summed E-state index contributed by atoms with van der Waals surface area (Å²) in [6.07, 6.45) is -2.19. The van der Waals surface area contributed by atoms with Crippen LogP contribution in [0.2, 0.25) is 0 Å². The van der Waals surface area contributed by atoms with E-state index in [-0.39, 0.29) is 16.5 Å². The van der Waals surface area contributed by atoms with Crippen LogP contribution in [-0.4, -0.2) is 26.5 Å². The van der Waals surface area contributed by atoms with Gasteiger partial charge in [-0.25, -0.2) is 4.68 Å². The lowest BCUT2D eigenvalue weighted by molar-refractivity contribution is -0.274. The number of nitrogens with one attached hydrogen (secondary N) is 1. The Balaban J connectivity index is 1.26. The van der Waals surface area contributed by atoms with E-state index >= 15 is 0 Å². The molecule has 206 valence electrons. The first-order valence-corrected chi connectivity index (χ1v) is 12.2. The van der Waals surface area contributed by atoms with Crippen LogP contribution in [0.4, 0.5) is 32.0 Å². The van der Waals surface area contributed by atoms with Crippen molar-refractivity contribution in [3.05, 3.63) is 95.0 Å². The molecule has 0 saturated heterocycles. The number of azo groups is 1. The van der Waals surface area contributed by atoms with Crippen molar-refractivity contribution in [3.63, 3.8) is 0 Å². The number of aromatic nitrogens is 3. The first-order chi connectivity index (χ1) is 19.0. The van der Waals surface area contributed by atoms with Gasteiger partial charge in [-0.3, -0.25) is 0 Å². The number of allylic oxidation sites excluding steroid dienone is 5. The van der Waals surface area contributed by atoms with Crippen LogP contribution in [0.5, 0.6) is 5.75 Å². The summed E-state index contributed by atoms with van der Waals surface area (Å²) < 4.78 is 82.3. The largest absolute Gasteiger partial charge is 0.573 e. The Bertz CT molecular complexity index is 1570. The highest BCUT2D eigenvalue weighted by Crippen LogP contribution is 2.39. The normalized spacial score (nSPS) is 16.3. The van der Waals surface area contributed by atoms with E-state index in [0.29, 0.717) is 30.6 Å². The van der Waals surface area contributed by atoms with Crippen LogP contribution in [0.15, 0.2) is 88.3 Å². The number of nitrogens with zero attached hydrogens (tertiary/aromatic N) is 5. The Labute approximate surface area is 228 Å². The minimum atomic E-state index is -4.77. The van der Waals surface area contributed by atoms with Crippen molar-refractivity contribution in [2.24, 2.45) is 10.2 Å². The van der Waals surface area contributed by atoms with Gasteiger partial charge in [-0.15, -0.1) is 23.4 Å².